The lowest BCUT2D eigenvalue weighted by atomic mass is 9.90. The van der Waals surface area contributed by atoms with Crippen LogP contribution in [0.5, 0.6) is 0 Å². The fraction of sp³-hybridized carbons (Fsp3) is 0.538. The van der Waals surface area contributed by atoms with Gasteiger partial charge in [-0.2, -0.15) is 0 Å². The molecule has 1 aromatic heterocycles. The van der Waals surface area contributed by atoms with Crippen LogP contribution in [0.2, 0.25) is 0 Å². The summed E-state index contributed by atoms with van der Waals surface area (Å²) in [7, 11) is 0. The summed E-state index contributed by atoms with van der Waals surface area (Å²) in [4.78, 5) is 16.2. The Labute approximate surface area is 105 Å². The van der Waals surface area contributed by atoms with Crippen molar-refractivity contribution in [2.24, 2.45) is 11.8 Å². The molecule has 2 atom stereocenters. The Morgan fingerprint density at radius 2 is 2.31 bits per heavy atom. The lowest BCUT2D eigenvalue weighted by Gasteiger charge is -2.13. The van der Waals surface area contributed by atoms with E-state index in [0.717, 1.165) is 16.5 Å². The van der Waals surface area contributed by atoms with Crippen molar-refractivity contribution in [3.05, 3.63) is 28.5 Å². The summed E-state index contributed by atoms with van der Waals surface area (Å²) in [5.41, 5.74) is 1.01. The highest BCUT2D eigenvalue weighted by atomic mass is 79.9. The SMILES string of the molecule is CC1CCCC1C(=O)Cc1cncc(Br)c1. The number of carbonyl (C=O) groups is 1. The Hall–Kier alpha value is -0.700. The van der Waals surface area contributed by atoms with Crippen LogP contribution in [0.3, 0.4) is 0 Å². The number of aromatic nitrogens is 1. The maximum Gasteiger partial charge on any atom is 0.140 e. The van der Waals surface area contributed by atoms with Crippen LogP contribution in [-0.2, 0) is 11.2 Å². The van der Waals surface area contributed by atoms with Gasteiger partial charge in [0.05, 0.1) is 0 Å². The molecule has 0 N–H and O–H groups in total. The average molecular weight is 282 g/mol. The second kappa shape index (κ2) is 5.09. The number of nitrogens with zero attached hydrogens (tertiary/aromatic N) is 1. The van der Waals surface area contributed by atoms with Crippen LogP contribution in [-0.4, -0.2) is 10.8 Å². The second-order valence-electron chi connectivity index (χ2n) is 4.67. The number of carbonyl (C=O) groups excluding carboxylic acids is 1. The minimum Gasteiger partial charge on any atom is -0.299 e. The van der Waals surface area contributed by atoms with Crippen molar-refractivity contribution >= 4 is 21.7 Å². The normalized spacial score (nSPS) is 24.6. The molecule has 2 nitrogen and oxygen atoms in total. The van der Waals surface area contributed by atoms with Crippen LogP contribution in [0.25, 0.3) is 0 Å². The van der Waals surface area contributed by atoms with E-state index in [1.165, 1.54) is 12.8 Å². The summed E-state index contributed by atoms with van der Waals surface area (Å²) in [5, 5.41) is 0. The van der Waals surface area contributed by atoms with E-state index in [9.17, 15) is 4.79 Å². The fourth-order valence-corrected chi connectivity index (χ4v) is 2.92. The Kier molecular flexibility index (Phi) is 3.74. The van der Waals surface area contributed by atoms with Crippen molar-refractivity contribution in [2.75, 3.05) is 0 Å². The number of ketones is 1. The van der Waals surface area contributed by atoms with Crippen LogP contribution in [0.4, 0.5) is 0 Å². The zero-order chi connectivity index (χ0) is 11.5. The Morgan fingerprint density at radius 3 is 2.94 bits per heavy atom. The molecule has 3 heteroatoms. The highest BCUT2D eigenvalue weighted by molar-refractivity contribution is 9.10. The molecule has 0 aliphatic heterocycles. The fourth-order valence-electron chi connectivity index (χ4n) is 2.51. The molecule has 1 saturated carbocycles. The van der Waals surface area contributed by atoms with Gasteiger partial charge in [0, 0.05) is 29.2 Å². The number of rotatable bonds is 3. The summed E-state index contributed by atoms with van der Waals surface area (Å²) in [6.45, 7) is 2.19. The predicted octanol–water partition coefficient (Wildman–Crippen LogP) is 3.39. The van der Waals surface area contributed by atoms with E-state index in [0.29, 0.717) is 18.1 Å². The predicted molar refractivity (Wildman–Crippen MR) is 67.2 cm³/mol. The van der Waals surface area contributed by atoms with Crippen molar-refractivity contribution in [1.82, 2.24) is 4.98 Å². The Morgan fingerprint density at radius 1 is 1.50 bits per heavy atom. The lowest BCUT2D eigenvalue weighted by Crippen LogP contribution is -2.19. The van der Waals surface area contributed by atoms with Crippen LogP contribution in [0.1, 0.15) is 31.7 Å². The first-order valence-corrected chi connectivity index (χ1v) is 6.58. The maximum atomic E-state index is 12.1. The number of hydrogen-bond acceptors (Lipinski definition) is 2. The first-order chi connectivity index (χ1) is 7.66. The molecular weight excluding hydrogens is 266 g/mol. The standard InChI is InChI=1S/C13H16BrNO/c1-9-3-2-4-12(9)13(16)6-10-5-11(14)8-15-7-10/h5,7-9,12H,2-4,6H2,1H3. The molecule has 1 heterocycles. The molecule has 0 bridgehead atoms. The van der Waals surface area contributed by atoms with Gasteiger partial charge in [-0.1, -0.05) is 13.3 Å². The first kappa shape index (κ1) is 11.8. The molecule has 0 spiro atoms. The van der Waals surface area contributed by atoms with Crippen molar-refractivity contribution in [1.29, 1.82) is 0 Å². The van der Waals surface area contributed by atoms with Gasteiger partial charge in [-0.15, -0.1) is 0 Å². The summed E-state index contributed by atoms with van der Waals surface area (Å²) >= 11 is 3.37. The lowest BCUT2D eigenvalue weighted by molar-refractivity contribution is -0.123. The van der Waals surface area contributed by atoms with Gasteiger partial charge in [0.25, 0.3) is 0 Å². The van der Waals surface area contributed by atoms with Crippen LogP contribution in [0.15, 0.2) is 22.9 Å². The zero-order valence-electron chi connectivity index (χ0n) is 9.45. The molecule has 0 saturated heterocycles. The van der Waals surface area contributed by atoms with Gasteiger partial charge in [0.15, 0.2) is 0 Å². The van der Waals surface area contributed by atoms with Crippen LogP contribution in [0, 0.1) is 11.8 Å². The van der Waals surface area contributed by atoms with Gasteiger partial charge in [-0.3, -0.25) is 9.78 Å². The number of hydrogen-bond donors (Lipinski definition) is 0. The highest BCUT2D eigenvalue weighted by Crippen LogP contribution is 2.32. The maximum absolute atomic E-state index is 12.1. The molecule has 1 fully saturated rings. The molecule has 1 aliphatic rings. The molecule has 0 amide bonds. The van der Waals surface area contributed by atoms with E-state index in [-0.39, 0.29) is 5.92 Å². The van der Waals surface area contributed by atoms with Crippen molar-refractivity contribution in [2.45, 2.75) is 32.6 Å². The summed E-state index contributed by atoms with van der Waals surface area (Å²) in [6.07, 6.45) is 7.53. The summed E-state index contributed by atoms with van der Waals surface area (Å²) < 4.78 is 0.942. The molecule has 2 unspecified atom stereocenters. The van der Waals surface area contributed by atoms with E-state index in [2.05, 4.69) is 27.8 Å². The van der Waals surface area contributed by atoms with E-state index in [4.69, 9.17) is 0 Å². The van der Waals surface area contributed by atoms with Crippen molar-refractivity contribution < 1.29 is 4.79 Å². The minimum atomic E-state index is 0.277. The quantitative estimate of drug-likeness (QED) is 0.850. The third-order valence-electron chi connectivity index (χ3n) is 3.41. The van der Waals surface area contributed by atoms with Crippen molar-refractivity contribution in [3.8, 4) is 0 Å². The third-order valence-corrected chi connectivity index (χ3v) is 3.85. The number of halogens is 1. The van der Waals surface area contributed by atoms with E-state index in [1.807, 2.05) is 6.07 Å². The zero-order valence-corrected chi connectivity index (χ0v) is 11.0. The van der Waals surface area contributed by atoms with Crippen molar-refractivity contribution in [3.63, 3.8) is 0 Å². The molecule has 1 aliphatic carbocycles. The average Bonchev–Trinajstić information content (AvgIpc) is 2.64. The number of Topliss-reactive ketones (excluding diaryl/α,β-unsaturated/α-hetero) is 1. The molecule has 86 valence electrons. The number of pyridine rings is 1. The monoisotopic (exact) mass is 281 g/mol. The van der Waals surface area contributed by atoms with Crippen LogP contribution >= 0.6 is 15.9 Å². The van der Waals surface area contributed by atoms with Gasteiger partial charge in [0.1, 0.15) is 5.78 Å². The molecule has 0 radical (unpaired) electrons. The van der Waals surface area contributed by atoms with Gasteiger partial charge in [0.2, 0.25) is 0 Å². The molecule has 0 aromatic carbocycles. The molecule has 1 aromatic rings. The van der Waals surface area contributed by atoms with E-state index < -0.39 is 0 Å². The molecule has 16 heavy (non-hydrogen) atoms. The van der Waals surface area contributed by atoms with E-state index in [1.54, 1.807) is 12.4 Å². The Bertz CT molecular complexity index is 391. The topological polar surface area (TPSA) is 30.0 Å². The molecular formula is C13H16BrNO. The Balaban J connectivity index is 2.02. The molecule has 2 rings (SSSR count). The highest BCUT2D eigenvalue weighted by Gasteiger charge is 2.29. The van der Waals surface area contributed by atoms with Gasteiger partial charge >= 0.3 is 0 Å². The first-order valence-electron chi connectivity index (χ1n) is 5.79. The van der Waals surface area contributed by atoms with E-state index >= 15 is 0 Å². The minimum absolute atomic E-state index is 0.277. The summed E-state index contributed by atoms with van der Waals surface area (Å²) in [5.74, 6) is 1.22. The largest absolute Gasteiger partial charge is 0.299 e. The van der Waals surface area contributed by atoms with Gasteiger partial charge < -0.3 is 0 Å². The van der Waals surface area contributed by atoms with Gasteiger partial charge in [-0.05, 0) is 46.3 Å². The smallest absolute Gasteiger partial charge is 0.140 e. The van der Waals surface area contributed by atoms with Gasteiger partial charge in [-0.25, -0.2) is 0 Å². The second-order valence-corrected chi connectivity index (χ2v) is 5.58. The third kappa shape index (κ3) is 2.70. The van der Waals surface area contributed by atoms with Crippen LogP contribution < -0.4 is 0 Å². The summed E-state index contributed by atoms with van der Waals surface area (Å²) in [6, 6.07) is 1.98.